The second kappa shape index (κ2) is 5.03. The number of benzene rings is 1. The lowest BCUT2D eigenvalue weighted by Crippen LogP contribution is -1.97. The average molecular weight is 260 g/mol. The van der Waals surface area contributed by atoms with Gasteiger partial charge in [-0.1, -0.05) is 11.6 Å². The Balaban J connectivity index is 2.28. The van der Waals surface area contributed by atoms with Gasteiger partial charge in [0, 0.05) is 0 Å². The first-order valence-corrected chi connectivity index (χ1v) is 5.66. The van der Waals surface area contributed by atoms with Crippen molar-refractivity contribution in [2.75, 3.05) is 0 Å². The van der Waals surface area contributed by atoms with Crippen LogP contribution >= 0.6 is 11.6 Å². The van der Waals surface area contributed by atoms with Gasteiger partial charge in [0.1, 0.15) is 5.75 Å². The van der Waals surface area contributed by atoms with Crippen LogP contribution in [0.15, 0.2) is 24.3 Å². The van der Waals surface area contributed by atoms with E-state index in [2.05, 4.69) is 9.97 Å². The van der Waals surface area contributed by atoms with Gasteiger partial charge in [0.25, 0.3) is 5.88 Å². The van der Waals surface area contributed by atoms with Gasteiger partial charge >= 0.3 is 0 Å². The molecule has 0 aliphatic carbocycles. The Labute approximate surface area is 110 Å². The van der Waals surface area contributed by atoms with Crippen molar-refractivity contribution in [1.29, 1.82) is 5.26 Å². The van der Waals surface area contributed by atoms with Crippen LogP contribution in [0.4, 0.5) is 0 Å². The van der Waals surface area contributed by atoms with E-state index in [0.717, 1.165) is 11.4 Å². The third kappa shape index (κ3) is 2.58. The minimum Gasteiger partial charge on any atom is -0.436 e. The Kier molecular flexibility index (Phi) is 3.45. The Bertz CT molecular complexity index is 617. The fourth-order valence-corrected chi connectivity index (χ4v) is 1.54. The lowest BCUT2D eigenvalue weighted by atomic mass is 10.2. The predicted octanol–water partition coefficient (Wildman–Crippen LogP) is 3.41. The van der Waals surface area contributed by atoms with E-state index in [-0.39, 0.29) is 11.0 Å². The maximum atomic E-state index is 8.69. The molecule has 0 spiro atoms. The first-order valence-electron chi connectivity index (χ1n) is 5.29. The molecule has 0 N–H and O–H groups in total. The first-order chi connectivity index (χ1) is 8.60. The number of nitriles is 1. The molecule has 90 valence electrons. The molecular weight excluding hydrogens is 250 g/mol. The molecule has 0 saturated carbocycles. The molecule has 1 aromatic carbocycles. The fourth-order valence-electron chi connectivity index (χ4n) is 1.33. The molecule has 0 bridgehead atoms. The highest BCUT2D eigenvalue weighted by molar-refractivity contribution is 6.30. The summed E-state index contributed by atoms with van der Waals surface area (Å²) in [5, 5.41) is 8.92. The second-order valence-electron chi connectivity index (χ2n) is 3.73. The van der Waals surface area contributed by atoms with Gasteiger partial charge < -0.3 is 4.74 Å². The molecule has 1 aromatic heterocycles. The van der Waals surface area contributed by atoms with Crippen molar-refractivity contribution in [3.8, 4) is 17.7 Å². The van der Waals surface area contributed by atoms with Crippen LogP contribution in [-0.2, 0) is 0 Å². The predicted molar refractivity (Wildman–Crippen MR) is 67.7 cm³/mol. The number of halogens is 1. The summed E-state index contributed by atoms with van der Waals surface area (Å²) in [5.41, 5.74) is 2.11. The van der Waals surface area contributed by atoms with E-state index >= 15 is 0 Å². The number of aromatic nitrogens is 2. The maximum absolute atomic E-state index is 8.69. The molecule has 0 aliphatic heterocycles. The Morgan fingerprint density at radius 2 is 1.72 bits per heavy atom. The van der Waals surface area contributed by atoms with Crippen LogP contribution < -0.4 is 4.74 Å². The summed E-state index contributed by atoms with van der Waals surface area (Å²) in [4.78, 5) is 8.36. The highest BCUT2D eigenvalue weighted by Crippen LogP contribution is 2.26. The molecular formula is C13H10ClN3O. The highest BCUT2D eigenvalue weighted by Gasteiger charge is 2.09. The van der Waals surface area contributed by atoms with E-state index in [4.69, 9.17) is 21.6 Å². The van der Waals surface area contributed by atoms with E-state index in [1.165, 1.54) is 0 Å². The van der Waals surface area contributed by atoms with Crippen molar-refractivity contribution >= 4 is 11.6 Å². The molecule has 18 heavy (non-hydrogen) atoms. The molecule has 0 aliphatic rings. The monoisotopic (exact) mass is 259 g/mol. The number of hydrogen-bond donors (Lipinski definition) is 0. The first kappa shape index (κ1) is 12.3. The largest absolute Gasteiger partial charge is 0.436 e. The number of nitrogens with zero attached hydrogens (tertiary/aromatic N) is 3. The van der Waals surface area contributed by atoms with Gasteiger partial charge in [0.05, 0.1) is 23.0 Å². The number of aryl methyl sites for hydroxylation is 2. The normalized spacial score (nSPS) is 9.89. The molecule has 0 unspecified atom stereocenters. The molecule has 0 amide bonds. The van der Waals surface area contributed by atoms with Gasteiger partial charge in [-0.2, -0.15) is 5.26 Å². The third-order valence-electron chi connectivity index (χ3n) is 2.43. The van der Waals surface area contributed by atoms with Gasteiger partial charge in [-0.25, -0.2) is 9.97 Å². The minimum absolute atomic E-state index is 0.224. The van der Waals surface area contributed by atoms with Crippen molar-refractivity contribution in [3.63, 3.8) is 0 Å². The van der Waals surface area contributed by atoms with E-state index in [1.807, 2.05) is 19.9 Å². The summed E-state index contributed by atoms with van der Waals surface area (Å²) >= 11 is 5.96. The van der Waals surface area contributed by atoms with Crippen LogP contribution in [0.2, 0.25) is 5.15 Å². The smallest absolute Gasteiger partial charge is 0.257 e. The highest BCUT2D eigenvalue weighted by atomic mass is 35.5. The number of ether oxygens (including phenoxy) is 1. The van der Waals surface area contributed by atoms with E-state index in [9.17, 15) is 0 Å². The zero-order valence-electron chi connectivity index (χ0n) is 9.94. The Morgan fingerprint density at radius 1 is 1.11 bits per heavy atom. The number of hydrogen-bond acceptors (Lipinski definition) is 4. The number of rotatable bonds is 2. The molecule has 5 heteroatoms. The van der Waals surface area contributed by atoms with Gasteiger partial charge in [-0.15, -0.1) is 0 Å². The maximum Gasteiger partial charge on any atom is 0.257 e. The molecule has 0 radical (unpaired) electrons. The van der Waals surface area contributed by atoms with Crippen molar-refractivity contribution in [1.82, 2.24) is 9.97 Å². The summed E-state index contributed by atoms with van der Waals surface area (Å²) in [6, 6.07) is 8.74. The summed E-state index contributed by atoms with van der Waals surface area (Å²) in [5.74, 6) is 0.831. The van der Waals surface area contributed by atoms with Crippen LogP contribution in [0.25, 0.3) is 0 Å². The minimum atomic E-state index is 0.224. The zero-order chi connectivity index (χ0) is 13.1. The second-order valence-corrected chi connectivity index (χ2v) is 4.09. The van der Waals surface area contributed by atoms with Gasteiger partial charge in [-0.3, -0.25) is 0 Å². The fraction of sp³-hybridized carbons (Fsp3) is 0.154. The van der Waals surface area contributed by atoms with Crippen LogP contribution in [-0.4, -0.2) is 9.97 Å². The summed E-state index contributed by atoms with van der Waals surface area (Å²) in [6.07, 6.45) is 0. The summed E-state index contributed by atoms with van der Waals surface area (Å²) in [7, 11) is 0. The summed E-state index contributed by atoms with van der Waals surface area (Å²) < 4.78 is 5.53. The van der Waals surface area contributed by atoms with Crippen LogP contribution in [0.3, 0.4) is 0 Å². The van der Waals surface area contributed by atoms with Crippen molar-refractivity contribution in [2.45, 2.75) is 13.8 Å². The topological polar surface area (TPSA) is 58.8 Å². The van der Waals surface area contributed by atoms with Gasteiger partial charge in [0.15, 0.2) is 5.15 Å². The lowest BCUT2D eigenvalue weighted by molar-refractivity contribution is 0.458. The molecule has 2 aromatic rings. The third-order valence-corrected chi connectivity index (χ3v) is 2.68. The van der Waals surface area contributed by atoms with Crippen LogP contribution in [0.5, 0.6) is 11.6 Å². The Hall–Kier alpha value is -2.12. The van der Waals surface area contributed by atoms with Crippen molar-refractivity contribution in [2.24, 2.45) is 0 Å². The SMILES string of the molecule is Cc1nc(Cl)c(Oc2ccc(C#N)cc2)nc1C. The standard InChI is InChI=1S/C13H10ClN3O/c1-8-9(2)17-13(12(14)16-8)18-11-5-3-10(7-15)4-6-11/h3-6H,1-2H3. The van der Waals surface area contributed by atoms with Crippen molar-refractivity contribution in [3.05, 3.63) is 46.4 Å². The van der Waals surface area contributed by atoms with E-state index in [1.54, 1.807) is 24.3 Å². The molecule has 0 fully saturated rings. The quantitative estimate of drug-likeness (QED) is 0.829. The summed E-state index contributed by atoms with van der Waals surface area (Å²) in [6.45, 7) is 3.67. The molecule has 1 heterocycles. The van der Waals surface area contributed by atoms with Crippen LogP contribution in [0, 0.1) is 25.2 Å². The zero-order valence-corrected chi connectivity index (χ0v) is 10.7. The average Bonchev–Trinajstić information content (AvgIpc) is 2.37. The van der Waals surface area contributed by atoms with Gasteiger partial charge in [-0.05, 0) is 38.1 Å². The van der Waals surface area contributed by atoms with E-state index < -0.39 is 0 Å². The molecule has 4 nitrogen and oxygen atoms in total. The Morgan fingerprint density at radius 3 is 2.33 bits per heavy atom. The van der Waals surface area contributed by atoms with Crippen LogP contribution in [0.1, 0.15) is 17.0 Å². The molecule has 2 rings (SSSR count). The molecule has 0 saturated heterocycles. The molecule has 0 atom stereocenters. The van der Waals surface area contributed by atoms with Crippen molar-refractivity contribution < 1.29 is 4.74 Å². The van der Waals surface area contributed by atoms with E-state index in [0.29, 0.717) is 11.3 Å². The van der Waals surface area contributed by atoms with Gasteiger partial charge in [0.2, 0.25) is 0 Å². The lowest BCUT2D eigenvalue weighted by Gasteiger charge is -2.08.